The highest BCUT2D eigenvalue weighted by molar-refractivity contribution is 5.55. The second-order valence-corrected chi connectivity index (χ2v) is 5.38. The van der Waals surface area contributed by atoms with Gasteiger partial charge >= 0.3 is 0 Å². The first-order valence-corrected chi connectivity index (χ1v) is 6.89. The van der Waals surface area contributed by atoms with Gasteiger partial charge in [0.1, 0.15) is 5.82 Å². The molecule has 2 N–H and O–H groups in total. The molecule has 0 amide bonds. The Kier molecular flexibility index (Phi) is 4.42. The van der Waals surface area contributed by atoms with Gasteiger partial charge in [-0.3, -0.25) is 0 Å². The van der Waals surface area contributed by atoms with E-state index in [-0.39, 0.29) is 12.1 Å². The molecule has 3 atom stereocenters. The number of rotatable bonds is 3. The van der Waals surface area contributed by atoms with Crippen LogP contribution in [0, 0.1) is 5.82 Å². The zero-order valence-electron chi connectivity index (χ0n) is 11.5. The van der Waals surface area contributed by atoms with Gasteiger partial charge in [0.2, 0.25) is 0 Å². The van der Waals surface area contributed by atoms with E-state index in [0.29, 0.717) is 11.3 Å². The molecule has 2 rings (SSSR count). The molecule has 0 radical (unpaired) electrons. The van der Waals surface area contributed by atoms with Crippen LogP contribution in [0.25, 0.3) is 0 Å². The molecule has 1 saturated carbocycles. The van der Waals surface area contributed by atoms with Crippen molar-refractivity contribution in [1.82, 2.24) is 0 Å². The van der Waals surface area contributed by atoms with Crippen molar-refractivity contribution in [2.75, 3.05) is 11.9 Å². The van der Waals surface area contributed by atoms with Gasteiger partial charge in [-0.15, -0.1) is 0 Å². The fourth-order valence-electron chi connectivity index (χ4n) is 2.97. The Morgan fingerprint density at radius 2 is 2.00 bits per heavy atom. The maximum atomic E-state index is 13.9. The Morgan fingerprint density at radius 1 is 1.32 bits per heavy atom. The molecular formula is C15H22FNO2. The second kappa shape index (κ2) is 5.88. The molecule has 1 aliphatic rings. The quantitative estimate of drug-likeness (QED) is 0.884. The van der Waals surface area contributed by atoms with Crippen LogP contribution >= 0.6 is 0 Å². The minimum atomic E-state index is -0.862. The Morgan fingerprint density at radius 3 is 2.63 bits per heavy atom. The summed E-state index contributed by atoms with van der Waals surface area (Å²) in [6.45, 7) is 1.56. The molecule has 106 valence electrons. The molecular weight excluding hydrogens is 245 g/mol. The molecule has 0 heterocycles. The first-order chi connectivity index (χ1) is 9.02. The Labute approximate surface area is 113 Å². The Balaban J connectivity index is 2.32. The molecule has 0 spiro atoms. The Bertz CT molecular complexity index is 436. The monoisotopic (exact) mass is 267 g/mol. The van der Waals surface area contributed by atoms with Crippen LogP contribution in [0.4, 0.5) is 10.1 Å². The standard InChI is InChI=1S/C15H22FNO2/c1-10(18)15-11(16)6-5-8-13(15)17(2)12-7-3-4-9-14(12)19/h5-6,8,10,12,14,18-19H,3-4,7,9H2,1-2H3/t10-,12?,14?/m1/s1. The van der Waals surface area contributed by atoms with E-state index >= 15 is 0 Å². The molecule has 2 unspecified atom stereocenters. The average Bonchev–Trinajstić information content (AvgIpc) is 2.37. The van der Waals surface area contributed by atoms with Crippen LogP contribution in [-0.2, 0) is 0 Å². The molecule has 0 saturated heterocycles. The van der Waals surface area contributed by atoms with Gasteiger partial charge in [-0.25, -0.2) is 4.39 Å². The van der Waals surface area contributed by atoms with Gasteiger partial charge in [-0.05, 0) is 31.9 Å². The molecule has 3 nitrogen and oxygen atoms in total. The van der Waals surface area contributed by atoms with E-state index in [0.717, 1.165) is 25.7 Å². The van der Waals surface area contributed by atoms with Gasteiger partial charge < -0.3 is 15.1 Å². The normalized spacial score (nSPS) is 25.1. The Hall–Kier alpha value is -1.13. The number of hydrogen-bond donors (Lipinski definition) is 2. The molecule has 1 aromatic rings. The third-order valence-electron chi connectivity index (χ3n) is 4.02. The predicted octanol–water partition coefficient (Wildman–Crippen LogP) is 2.62. The van der Waals surface area contributed by atoms with Gasteiger partial charge in [0.15, 0.2) is 0 Å². The van der Waals surface area contributed by atoms with Crippen LogP contribution < -0.4 is 4.90 Å². The van der Waals surface area contributed by atoms with Crippen molar-refractivity contribution in [2.24, 2.45) is 0 Å². The highest BCUT2D eigenvalue weighted by atomic mass is 19.1. The van der Waals surface area contributed by atoms with Gasteiger partial charge in [0, 0.05) is 18.3 Å². The minimum Gasteiger partial charge on any atom is -0.391 e. The molecule has 0 bridgehead atoms. The van der Waals surface area contributed by atoms with Gasteiger partial charge in [-0.2, -0.15) is 0 Å². The maximum Gasteiger partial charge on any atom is 0.131 e. The number of likely N-dealkylation sites (N-methyl/N-ethyl adjacent to an activating group) is 1. The lowest BCUT2D eigenvalue weighted by Crippen LogP contribution is -2.44. The second-order valence-electron chi connectivity index (χ2n) is 5.38. The lowest BCUT2D eigenvalue weighted by molar-refractivity contribution is 0.106. The van der Waals surface area contributed by atoms with Crippen molar-refractivity contribution in [3.05, 3.63) is 29.6 Å². The largest absolute Gasteiger partial charge is 0.391 e. The van der Waals surface area contributed by atoms with E-state index < -0.39 is 11.9 Å². The first-order valence-electron chi connectivity index (χ1n) is 6.89. The summed E-state index contributed by atoms with van der Waals surface area (Å²) in [5.74, 6) is -0.398. The summed E-state index contributed by atoms with van der Waals surface area (Å²) in [7, 11) is 1.86. The summed E-state index contributed by atoms with van der Waals surface area (Å²) >= 11 is 0. The fourth-order valence-corrected chi connectivity index (χ4v) is 2.97. The van der Waals surface area contributed by atoms with E-state index in [1.54, 1.807) is 19.1 Å². The number of halogens is 1. The van der Waals surface area contributed by atoms with Crippen LogP contribution in [-0.4, -0.2) is 29.4 Å². The van der Waals surface area contributed by atoms with Crippen molar-refractivity contribution in [2.45, 2.75) is 50.9 Å². The predicted molar refractivity (Wildman–Crippen MR) is 73.7 cm³/mol. The summed E-state index contributed by atoms with van der Waals surface area (Å²) in [5, 5.41) is 19.9. The van der Waals surface area contributed by atoms with Crippen LogP contribution in [0.3, 0.4) is 0 Å². The number of benzene rings is 1. The third-order valence-corrected chi connectivity index (χ3v) is 4.02. The third kappa shape index (κ3) is 2.90. The fraction of sp³-hybridized carbons (Fsp3) is 0.600. The van der Waals surface area contributed by atoms with E-state index in [9.17, 15) is 14.6 Å². The molecule has 0 aromatic heterocycles. The van der Waals surface area contributed by atoms with E-state index in [1.807, 2.05) is 11.9 Å². The van der Waals surface area contributed by atoms with Gasteiger partial charge in [0.05, 0.1) is 18.2 Å². The van der Waals surface area contributed by atoms with Crippen molar-refractivity contribution in [1.29, 1.82) is 0 Å². The van der Waals surface area contributed by atoms with Crippen molar-refractivity contribution in [3.8, 4) is 0 Å². The van der Waals surface area contributed by atoms with Gasteiger partial charge in [-0.1, -0.05) is 18.9 Å². The highest BCUT2D eigenvalue weighted by Gasteiger charge is 2.29. The minimum absolute atomic E-state index is 0.00644. The summed E-state index contributed by atoms with van der Waals surface area (Å²) in [6.07, 6.45) is 2.55. The van der Waals surface area contributed by atoms with Crippen molar-refractivity contribution in [3.63, 3.8) is 0 Å². The smallest absolute Gasteiger partial charge is 0.131 e. The summed E-state index contributed by atoms with van der Waals surface area (Å²) in [6, 6.07) is 4.79. The number of aliphatic hydroxyl groups excluding tert-OH is 2. The first kappa shape index (κ1) is 14.3. The summed E-state index contributed by atoms with van der Waals surface area (Å²) in [5.41, 5.74) is 0.976. The van der Waals surface area contributed by atoms with Gasteiger partial charge in [0.25, 0.3) is 0 Å². The highest BCUT2D eigenvalue weighted by Crippen LogP contribution is 2.32. The number of nitrogens with zero attached hydrogens (tertiary/aromatic N) is 1. The molecule has 0 aliphatic heterocycles. The number of aliphatic hydroxyl groups is 2. The molecule has 1 aliphatic carbocycles. The van der Waals surface area contributed by atoms with E-state index in [2.05, 4.69) is 0 Å². The van der Waals surface area contributed by atoms with Crippen LogP contribution in [0.5, 0.6) is 0 Å². The topological polar surface area (TPSA) is 43.7 Å². The summed E-state index contributed by atoms with van der Waals surface area (Å²) < 4.78 is 13.9. The molecule has 4 heteroatoms. The zero-order chi connectivity index (χ0) is 14.0. The lowest BCUT2D eigenvalue weighted by Gasteiger charge is -2.37. The lowest BCUT2D eigenvalue weighted by atomic mass is 9.90. The van der Waals surface area contributed by atoms with Crippen LogP contribution in [0.15, 0.2) is 18.2 Å². The molecule has 1 fully saturated rings. The number of hydrogen-bond acceptors (Lipinski definition) is 3. The van der Waals surface area contributed by atoms with E-state index in [4.69, 9.17) is 0 Å². The average molecular weight is 267 g/mol. The maximum absolute atomic E-state index is 13.9. The van der Waals surface area contributed by atoms with Crippen molar-refractivity contribution >= 4 is 5.69 Å². The van der Waals surface area contributed by atoms with E-state index in [1.165, 1.54) is 6.07 Å². The number of anilines is 1. The van der Waals surface area contributed by atoms with Crippen LogP contribution in [0.2, 0.25) is 0 Å². The molecule has 19 heavy (non-hydrogen) atoms. The molecule has 1 aromatic carbocycles. The van der Waals surface area contributed by atoms with Crippen molar-refractivity contribution < 1.29 is 14.6 Å². The zero-order valence-corrected chi connectivity index (χ0v) is 11.5. The summed E-state index contributed by atoms with van der Waals surface area (Å²) in [4.78, 5) is 1.91. The van der Waals surface area contributed by atoms with Crippen LogP contribution in [0.1, 0.15) is 44.3 Å². The SMILES string of the molecule is C[C@@H](O)c1c(F)cccc1N(C)C1CCCCC1O.